The van der Waals surface area contributed by atoms with E-state index < -0.39 is 0 Å². The van der Waals surface area contributed by atoms with Crippen LogP contribution < -0.4 is 5.32 Å². The lowest BCUT2D eigenvalue weighted by molar-refractivity contribution is -0.137. The normalized spacial score (nSPS) is 21.0. The molecule has 1 N–H and O–H groups in total. The molecule has 2 heterocycles. The molecule has 2 atom stereocenters. The molecule has 1 aromatic heterocycles. The van der Waals surface area contributed by atoms with Crippen molar-refractivity contribution in [3.63, 3.8) is 0 Å². The highest BCUT2D eigenvalue weighted by molar-refractivity contribution is 7.99. The highest BCUT2D eigenvalue weighted by atomic mass is 32.2. The van der Waals surface area contributed by atoms with E-state index in [1.807, 2.05) is 31.2 Å². The SMILES string of the molecule is COC(=O)CSc1nc2n(n1)[C@@H](c1ccc(C)cc1)C1=C(C[C@H](C)CC1=O)N2. The minimum Gasteiger partial charge on any atom is -0.468 e. The predicted octanol–water partition coefficient (Wildman–Crippen LogP) is 3.12. The summed E-state index contributed by atoms with van der Waals surface area (Å²) in [5.74, 6) is 0.843. The fourth-order valence-corrected chi connectivity index (χ4v) is 4.35. The van der Waals surface area contributed by atoms with E-state index in [0.717, 1.165) is 28.8 Å². The number of hydrogen-bond acceptors (Lipinski definition) is 7. The van der Waals surface area contributed by atoms with Gasteiger partial charge in [0.25, 0.3) is 0 Å². The largest absolute Gasteiger partial charge is 0.468 e. The molecule has 0 bridgehead atoms. The average Bonchev–Trinajstić information content (AvgIpc) is 3.07. The molecule has 2 aliphatic rings. The fourth-order valence-electron chi connectivity index (χ4n) is 3.69. The number of aryl methyl sites for hydroxylation is 1. The molecule has 1 aliphatic carbocycles. The summed E-state index contributed by atoms with van der Waals surface area (Å²) in [6, 6.07) is 7.84. The second-order valence-electron chi connectivity index (χ2n) is 7.29. The Morgan fingerprint density at radius 2 is 2.07 bits per heavy atom. The van der Waals surface area contributed by atoms with E-state index in [9.17, 15) is 9.59 Å². The minimum atomic E-state index is -0.331. The van der Waals surface area contributed by atoms with E-state index in [2.05, 4.69) is 27.1 Å². The Labute approximate surface area is 167 Å². The van der Waals surface area contributed by atoms with Crippen LogP contribution in [-0.4, -0.2) is 39.4 Å². The Morgan fingerprint density at radius 1 is 1.32 bits per heavy atom. The number of ketones is 1. The van der Waals surface area contributed by atoms with Crippen LogP contribution in [0.2, 0.25) is 0 Å². The van der Waals surface area contributed by atoms with Gasteiger partial charge in [-0.15, -0.1) is 5.10 Å². The number of fused-ring (bicyclic) bond motifs is 1. The van der Waals surface area contributed by atoms with Gasteiger partial charge in [-0.25, -0.2) is 4.68 Å². The zero-order valence-corrected chi connectivity index (χ0v) is 16.9. The molecule has 2 aromatic rings. The number of carbonyl (C=O) groups excluding carboxylic acids is 2. The van der Waals surface area contributed by atoms with Gasteiger partial charge < -0.3 is 10.1 Å². The van der Waals surface area contributed by atoms with E-state index in [1.54, 1.807) is 4.68 Å². The van der Waals surface area contributed by atoms with Crippen LogP contribution in [0.3, 0.4) is 0 Å². The Morgan fingerprint density at radius 3 is 2.79 bits per heavy atom. The fraction of sp³-hybridized carbons (Fsp3) is 0.400. The third kappa shape index (κ3) is 3.44. The van der Waals surface area contributed by atoms with Crippen molar-refractivity contribution in [2.24, 2.45) is 5.92 Å². The van der Waals surface area contributed by atoms with Gasteiger partial charge in [0.05, 0.1) is 12.9 Å². The van der Waals surface area contributed by atoms with Crippen molar-refractivity contribution in [1.29, 1.82) is 0 Å². The summed E-state index contributed by atoms with van der Waals surface area (Å²) >= 11 is 1.22. The summed E-state index contributed by atoms with van der Waals surface area (Å²) in [7, 11) is 1.36. The lowest BCUT2D eigenvalue weighted by Crippen LogP contribution is -2.33. The number of aromatic nitrogens is 3. The molecule has 0 saturated heterocycles. The van der Waals surface area contributed by atoms with E-state index in [1.165, 1.54) is 18.9 Å². The molecule has 0 unspecified atom stereocenters. The first-order valence-corrected chi connectivity index (χ1v) is 10.2. The number of ether oxygens (including phenoxy) is 1. The number of nitrogens with one attached hydrogen (secondary N) is 1. The number of thioether (sulfide) groups is 1. The third-order valence-electron chi connectivity index (χ3n) is 5.04. The standard InChI is InChI=1S/C20H22N4O3S/c1-11-4-6-13(7-5-11)18-17-14(8-12(2)9-15(17)25)21-19-22-20(23-24(18)19)28-10-16(26)27-3/h4-7,12,18H,8-10H2,1-3H3,(H,21,22,23)/t12-,18-/m0/s1. The minimum absolute atomic E-state index is 0.137. The van der Waals surface area contributed by atoms with Crippen molar-refractivity contribution in [3.05, 3.63) is 46.7 Å². The third-order valence-corrected chi connectivity index (χ3v) is 5.86. The van der Waals surface area contributed by atoms with Crippen molar-refractivity contribution in [3.8, 4) is 0 Å². The molecule has 1 aliphatic heterocycles. The molecule has 0 saturated carbocycles. The maximum absolute atomic E-state index is 12.9. The maximum atomic E-state index is 12.9. The summed E-state index contributed by atoms with van der Waals surface area (Å²) in [6.45, 7) is 4.12. The van der Waals surface area contributed by atoms with Crippen LogP contribution in [0.15, 0.2) is 40.7 Å². The molecule has 0 spiro atoms. The van der Waals surface area contributed by atoms with Crippen LogP contribution in [0, 0.1) is 12.8 Å². The van der Waals surface area contributed by atoms with Gasteiger partial charge in [-0.2, -0.15) is 4.98 Å². The van der Waals surface area contributed by atoms with Crippen LogP contribution in [0.4, 0.5) is 5.95 Å². The molecule has 146 valence electrons. The molecule has 0 radical (unpaired) electrons. The second-order valence-corrected chi connectivity index (χ2v) is 8.24. The number of rotatable bonds is 4. The smallest absolute Gasteiger partial charge is 0.316 e. The predicted molar refractivity (Wildman–Crippen MR) is 106 cm³/mol. The molecular formula is C20H22N4O3S. The van der Waals surface area contributed by atoms with Crippen LogP contribution in [-0.2, 0) is 14.3 Å². The monoisotopic (exact) mass is 398 g/mol. The van der Waals surface area contributed by atoms with Crippen molar-refractivity contribution < 1.29 is 14.3 Å². The van der Waals surface area contributed by atoms with E-state index >= 15 is 0 Å². The van der Waals surface area contributed by atoms with Gasteiger partial charge in [0.15, 0.2) is 5.78 Å². The van der Waals surface area contributed by atoms with E-state index in [0.29, 0.717) is 23.4 Å². The number of carbonyl (C=O) groups is 2. The van der Waals surface area contributed by atoms with Gasteiger partial charge in [-0.05, 0) is 24.8 Å². The van der Waals surface area contributed by atoms with Crippen LogP contribution in [0.1, 0.15) is 36.9 Å². The molecule has 8 heteroatoms. The summed E-state index contributed by atoms with van der Waals surface area (Å²) in [5, 5.41) is 8.38. The number of esters is 1. The molecule has 0 amide bonds. The number of nitrogens with zero attached hydrogens (tertiary/aromatic N) is 3. The van der Waals surface area contributed by atoms with Gasteiger partial charge in [0.2, 0.25) is 11.1 Å². The first-order valence-electron chi connectivity index (χ1n) is 9.22. The summed E-state index contributed by atoms with van der Waals surface area (Å²) in [6.07, 6.45) is 1.35. The maximum Gasteiger partial charge on any atom is 0.316 e. The van der Waals surface area contributed by atoms with Gasteiger partial charge in [0.1, 0.15) is 6.04 Å². The van der Waals surface area contributed by atoms with Gasteiger partial charge in [-0.3, -0.25) is 9.59 Å². The van der Waals surface area contributed by atoms with E-state index in [-0.39, 0.29) is 23.5 Å². The Balaban J connectivity index is 1.76. The molecule has 1 aromatic carbocycles. The molecule has 7 nitrogen and oxygen atoms in total. The van der Waals surface area contributed by atoms with Crippen molar-refractivity contribution in [2.75, 3.05) is 18.2 Å². The quantitative estimate of drug-likeness (QED) is 0.625. The van der Waals surface area contributed by atoms with Gasteiger partial charge >= 0.3 is 5.97 Å². The number of hydrogen-bond donors (Lipinski definition) is 1. The van der Waals surface area contributed by atoms with Gasteiger partial charge in [-0.1, -0.05) is 48.5 Å². The van der Waals surface area contributed by atoms with Gasteiger partial charge in [0, 0.05) is 17.7 Å². The van der Waals surface area contributed by atoms with Crippen molar-refractivity contribution >= 4 is 29.5 Å². The Hall–Kier alpha value is -2.61. The molecule has 0 fully saturated rings. The number of methoxy groups -OCH3 is 1. The Bertz CT molecular complexity index is 964. The molecule has 4 rings (SSSR count). The van der Waals surface area contributed by atoms with Crippen molar-refractivity contribution in [2.45, 2.75) is 37.9 Å². The Kier molecular flexibility index (Phi) is 4.97. The highest BCUT2D eigenvalue weighted by Crippen LogP contribution is 2.41. The number of anilines is 1. The number of Topliss-reactive ketones (excluding diaryl/α,β-unsaturated/α-hetero) is 1. The summed E-state index contributed by atoms with van der Waals surface area (Å²) < 4.78 is 6.45. The number of benzene rings is 1. The zero-order chi connectivity index (χ0) is 19.8. The lowest BCUT2D eigenvalue weighted by Gasteiger charge is -2.34. The number of allylic oxidation sites excluding steroid dienone is 2. The van der Waals surface area contributed by atoms with Crippen molar-refractivity contribution in [1.82, 2.24) is 14.8 Å². The summed E-state index contributed by atoms with van der Waals surface area (Å²) in [5.41, 5.74) is 3.85. The first-order chi connectivity index (χ1) is 13.5. The molecular weight excluding hydrogens is 376 g/mol. The first kappa shape index (κ1) is 18.7. The topological polar surface area (TPSA) is 86.1 Å². The zero-order valence-electron chi connectivity index (χ0n) is 16.1. The highest BCUT2D eigenvalue weighted by Gasteiger charge is 2.38. The second kappa shape index (κ2) is 7.43. The van der Waals surface area contributed by atoms with E-state index in [4.69, 9.17) is 0 Å². The average molecular weight is 398 g/mol. The lowest BCUT2D eigenvalue weighted by atomic mass is 9.81. The van der Waals surface area contributed by atoms with Crippen LogP contribution in [0.25, 0.3) is 0 Å². The van der Waals surface area contributed by atoms with Crippen LogP contribution in [0.5, 0.6) is 0 Å². The summed E-state index contributed by atoms with van der Waals surface area (Å²) in [4.78, 5) is 28.9. The van der Waals surface area contributed by atoms with Crippen LogP contribution >= 0.6 is 11.8 Å². The molecule has 28 heavy (non-hydrogen) atoms.